The van der Waals surface area contributed by atoms with E-state index in [1.807, 2.05) is 83.9 Å². The number of benzene rings is 2. The van der Waals surface area contributed by atoms with Crippen LogP contribution in [0.3, 0.4) is 0 Å². The van der Waals surface area contributed by atoms with Crippen LogP contribution >= 0.6 is 11.3 Å². The van der Waals surface area contributed by atoms with Crippen molar-refractivity contribution in [2.45, 2.75) is 19.8 Å². The molecule has 0 radical (unpaired) electrons. The van der Waals surface area contributed by atoms with Crippen LogP contribution in [0.2, 0.25) is 0 Å². The maximum Gasteiger partial charge on any atom is 0.274 e. The fraction of sp³-hybridized carbons (Fsp3) is 0.160. The highest BCUT2D eigenvalue weighted by Gasteiger charge is 2.23. The van der Waals surface area contributed by atoms with Crippen molar-refractivity contribution in [1.82, 2.24) is 9.78 Å². The fourth-order valence-corrected chi connectivity index (χ4v) is 4.67. The highest BCUT2D eigenvalue weighted by molar-refractivity contribution is 7.13. The molecule has 4 aromatic rings. The Morgan fingerprint density at radius 1 is 1.06 bits per heavy atom. The van der Waals surface area contributed by atoms with Crippen LogP contribution in [0.25, 0.3) is 16.3 Å². The van der Waals surface area contributed by atoms with Gasteiger partial charge in [-0.05, 0) is 66.8 Å². The second-order valence-corrected chi connectivity index (χ2v) is 8.69. The van der Waals surface area contributed by atoms with Gasteiger partial charge in [-0.3, -0.25) is 9.59 Å². The zero-order valence-electron chi connectivity index (χ0n) is 17.6. The summed E-state index contributed by atoms with van der Waals surface area (Å²) >= 11 is 1.58. The van der Waals surface area contributed by atoms with Crippen LogP contribution in [0.15, 0.2) is 72.1 Å². The van der Waals surface area contributed by atoms with Crippen LogP contribution in [-0.4, -0.2) is 28.1 Å². The van der Waals surface area contributed by atoms with E-state index in [9.17, 15) is 9.59 Å². The molecule has 160 valence electrons. The third-order valence-corrected chi connectivity index (χ3v) is 6.43. The van der Waals surface area contributed by atoms with E-state index in [2.05, 4.69) is 5.32 Å². The third-order valence-electron chi connectivity index (χ3n) is 5.54. The van der Waals surface area contributed by atoms with Gasteiger partial charge in [0.1, 0.15) is 11.4 Å². The van der Waals surface area contributed by atoms with Crippen LogP contribution in [0.5, 0.6) is 0 Å². The monoisotopic (exact) mass is 442 g/mol. The first-order chi connectivity index (χ1) is 15.6. The summed E-state index contributed by atoms with van der Waals surface area (Å²) in [5.41, 5.74) is 4.57. The van der Waals surface area contributed by atoms with Gasteiger partial charge in [0.25, 0.3) is 5.91 Å². The molecule has 7 heteroatoms. The molecule has 0 saturated carbocycles. The van der Waals surface area contributed by atoms with Crippen LogP contribution in [-0.2, 0) is 4.79 Å². The van der Waals surface area contributed by atoms with Crippen molar-refractivity contribution in [2.24, 2.45) is 0 Å². The molecule has 0 bridgehead atoms. The second kappa shape index (κ2) is 8.43. The van der Waals surface area contributed by atoms with Crippen LogP contribution in [0, 0.1) is 6.92 Å². The zero-order chi connectivity index (χ0) is 22.1. The molecule has 1 N–H and O–H groups in total. The number of rotatable bonds is 5. The van der Waals surface area contributed by atoms with E-state index < -0.39 is 0 Å². The van der Waals surface area contributed by atoms with Gasteiger partial charge in [0.2, 0.25) is 5.91 Å². The molecule has 1 fully saturated rings. The Balaban J connectivity index is 1.45. The summed E-state index contributed by atoms with van der Waals surface area (Å²) in [6.07, 6.45) is 1.47. The Bertz CT molecular complexity index is 1280. The summed E-state index contributed by atoms with van der Waals surface area (Å²) < 4.78 is 1.68. The van der Waals surface area contributed by atoms with Crippen LogP contribution in [0.4, 0.5) is 11.4 Å². The number of nitrogens with one attached hydrogen (secondary N) is 1. The van der Waals surface area contributed by atoms with E-state index in [0.29, 0.717) is 17.8 Å². The normalized spacial score (nSPS) is 13.5. The molecule has 1 saturated heterocycles. The van der Waals surface area contributed by atoms with E-state index in [1.54, 1.807) is 16.0 Å². The number of carbonyl (C=O) groups excluding carboxylic acids is 2. The number of amides is 2. The molecule has 0 spiro atoms. The maximum atomic E-state index is 13.3. The highest BCUT2D eigenvalue weighted by atomic mass is 32.1. The van der Waals surface area contributed by atoms with Crippen molar-refractivity contribution in [3.8, 4) is 16.3 Å². The number of thiophene rings is 1. The number of anilines is 2. The van der Waals surface area contributed by atoms with Crippen LogP contribution < -0.4 is 10.2 Å². The minimum atomic E-state index is -0.242. The lowest BCUT2D eigenvalue weighted by Crippen LogP contribution is -2.24. The van der Waals surface area contributed by atoms with Crippen molar-refractivity contribution < 1.29 is 9.59 Å². The highest BCUT2D eigenvalue weighted by Crippen LogP contribution is 2.29. The number of nitrogens with zero attached hydrogens (tertiary/aromatic N) is 3. The summed E-state index contributed by atoms with van der Waals surface area (Å²) in [4.78, 5) is 28.2. The Morgan fingerprint density at radius 2 is 1.91 bits per heavy atom. The molecule has 0 atom stereocenters. The van der Waals surface area contributed by atoms with Gasteiger partial charge in [0, 0.05) is 24.3 Å². The summed E-state index contributed by atoms with van der Waals surface area (Å²) in [5.74, 6) is -0.0914. The number of para-hydroxylation sites is 1. The topological polar surface area (TPSA) is 67.2 Å². The Morgan fingerprint density at radius 3 is 2.59 bits per heavy atom. The third kappa shape index (κ3) is 3.83. The average molecular weight is 443 g/mol. The lowest BCUT2D eigenvalue weighted by molar-refractivity contribution is -0.117. The SMILES string of the molecule is Cc1cc(NC(=O)c2cc(-c3cccs3)nn2-c2ccccc2)ccc1N1CCCC1=O. The molecular weight excluding hydrogens is 420 g/mol. The van der Waals surface area contributed by atoms with E-state index >= 15 is 0 Å². The molecular formula is C25H22N4O2S. The molecule has 2 aromatic carbocycles. The minimum Gasteiger partial charge on any atom is -0.321 e. The standard InChI is InChI=1S/C25H22N4O2S/c1-17-15-18(11-12-21(17)28-13-5-10-24(28)30)26-25(31)22-16-20(23-9-6-14-32-23)27-29(22)19-7-3-2-4-8-19/h2-4,6-9,11-12,14-16H,5,10,13H2,1H3,(H,26,31). The lowest BCUT2D eigenvalue weighted by Gasteiger charge is -2.19. The van der Waals surface area contributed by atoms with Crippen molar-refractivity contribution >= 4 is 34.5 Å². The summed E-state index contributed by atoms with van der Waals surface area (Å²) in [6, 6.07) is 21.1. The summed E-state index contributed by atoms with van der Waals surface area (Å²) in [7, 11) is 0. The molecule has 0 unspecified atom stereocenters. The molecule has 1 aliphatic rings. The Hall–Kier alpha value is -3.71. The van der Waals surface area contributed by atoms with Gasteiger partial charge in [0.15, 0.2) is 0 Å². The first kappa shape index (κ1) is 20.2. The quantitative estimate of drug-likeness (QED) is 0.457. The zero-order valence-corrected chi connectivity index (χ0v) is 18.4. The number of hydrogen-bond donors (Lipinski definition) is 1. The average Bonchev–Trinajstić information content (AvgIpc) is 3.55. The van der Waals surface area contributed by atoms with Gasteiger partial charge in [-0.25, -0.2) is 4.68 Å². The molecule has 2 aromatic heterocycles. The maximum absolute atomic E-state index is 13.3. The Labute approximate surface area is 190 Å². The first-order valence-electron chi connectivity index (χ1n) is 10.5. The van der Waals surface area contributed by atoms with Gasteiger partial charge in [-0.2, -0.15) is 5.10 Å². The summed E-state index contributed by atoms with van der Waals surface area (Å²) in [5, 5.41) is 9.69. The van der Waals surface area contributed by atoms with E-state index in [0.717, 1.165) is 40.5 Å². The molecule has 0 aliphatic carbocycles. The van der Waals surface area contributed by atoms with E-state index in [1.165, 1.54) is 0 Å². The van der Waals surface area contributed by atoms with Gasteiger partial charge in [0.05, 0.1) is 10.6 Å². The van der Waals surface area contributed by atoms with E-state index in [4.69, 9.17) is 5.10 Å². The number of aromatic nitrogens is 2. The predicted octanol–water partition coefficient (Wildman–Crippen LogP) is 5.29. The predicted molar refractivity (Wildman–Crippen MR) is 128 cm³/mol. The fourth-order valence-electron chi connectivity index (χ4n) is 3.99. The number of hydrogen-bond acceptors (Lipinski definition) is 4. The number of carbonyl (C=O) groups is 2. The Kier molecular flexibility index (Phi) is 5.33. The first-order valence-corrected chi connectivity index (χ1v) is 11.4. The molecule has 6 nitrogen and oxygen atoms in total. The smallest absolute Gasteiger partial charge is 0.274 e. The van der Waals surface area contributed by atoms with Crippen molar-refractivity contribution in [3.05, 3.63) is 83.4 Å². The van der Waals surface area contributed by atoms with Crippen molar-refractivity contribution in [1.29, 1.82) is 0 Å². The van der Waals surface area contributed by atoms with Crippen molar-refractivity contribution in [2.75, 3.05) is 16.8 Å². The van der Waals surface area contributed by atoms with Gasteiger partial charge < -0.3 is 10.2 Å². The molecule has 32 heavy (non-hydrogen) atoms. The molecule has 1 aliphatic heterocycles. The van der Waals surface area contributed by atoms with Gasteiger partial charge in [-0.1, -0.05) is 24.3 Å². The summed E-state index contributed by atoms with van der Waals surface area (Å²) in [6.45, 7) is 2.70. The minimum absolute atomic E-state index is 0.151. The van der Waals surface area contributed by atoms with Gasteiger partial charge in [-0.15, -0.1) is 11.3 Å². The lowest BCUT2D eigenvalue weighted by atomic mass is 10.1. The van der Waals surface area contributed by atoms with Gasteiger partial charge >= 0.3 is 0 Å². The van der Waals surface area contributed by atoms with Crippen LogP contribution in [0.1, 0.15) is 28.9 Å². The molecule has 2 amide bonds. The largest absolute Gasteiger partial charge is 0.321 e. The van der Waals surface area contributed by atoms with E-state index in [-0.39, 0.29) is 11.8 Å². The second-order valence-electron chi connectivity index (χ2n) is 7.74. The number of aryl methyl sites for hydroxylation is 1. The molecule has 5 rings (SSSR count). The molecule has 3 heterocycles. The van der Waals surface area contributed by atoms with Crippen molar-refractivity contribution in [3.63, 3.8) is 0 Å².